The van der Waals surface area contributed by atoms with Crippen molar-refractivity contribution in [2.75, 3.05) is 11.5 Å². The standard InChI is InChI=1S/C29H42N2O6S2/c1-28(2,30-24(34)16-22-20(26(30)36)10-14-38-22)12-8-18(32)6-5-7-19(33)9-13-29(3,4)31-25(35)17-23-21(27(31)37)11-15-39-23/h16-21,32-33H,5-15H2,1-4H3. The zero-order valence-electron chi connectivity index (χ0n) is 23.5. The molecule has 0 aromatic heterocycles. The number of fused-ring (bicyclic) bond motifs is 2. The molecule has 4 amide bonds. The van der Waals surface area contributed by atoms with Crippen LogP contribution in [-0.2, 0) is 19.2 Å². The summed E-state index contributed by atoms with van der Waals surface area (Å²) in [5.74, 6) is 0.529. The lowest BCUT2D eigenvalue weighted by molar-refractivity contribution is -0.153. The molecule has 0 saturated carbocycles. The highest BCUT2D eigenvalue weighted by atomic mass is 32.2. The average Bonchev–Trinajstić information content (AvgIpc) is 3.51. The van der Waals surface area contributed by atoms with E-state index in [2.05, 4.69) is 0 Å². The van der Waals surface area contributed by atoms with Gasteiger partial charge in [-0.15, -0.1) is 23.5 Å². The van der Waals surface area contributed by atoms with Gasteiger partial charge in [0.2, 0.25) is 11.8 Å². The Morgan fingerprint density at radius 2 is 1.13 bits per heavy atom. The minimum atomic E-state index is -0.689. The minimum Gasteiger partial charge on any atom is -0.393 e. The molecule has 0 aliphatic carbocycles. The predicted molar refractivity (Wildman–Crippen MR) is 153 cm³/mol. The fourth-order valence-electron chi connectivity index (χ4n) is 6.09. The van der Waals surface area contributed by atoms with Crippen molar-refractivity contribution < 1.29 is 29.4 Å². The van der Waals surface area contributed by atoms with Crippen molar-refractivity contribution >= 4 is 47.2 Å². The lowest BCUT2D eigenvalue weighted by Gasteiger charge is -2.40. The summed E-state index contributed by atoms with van der Waals surface area (Å²) < 4.78 is 0. The second-order valence-electron chi connectivity index (χ2n) is 12.4. The van der Waals surface area contributed by atoms with Crippen molar-refractivity contribution in [3.63, 3.8) is 0 Å². The lowest BCUT2D eigenvalue weighted by atomic mass is 9.88. The quantitative estimate of drug-likeness (QED) is 0.334. The molecule has 0 aromatic carbocycles. The van der Waals surface area contributed by atoms with Crippen molar-refractivity contribution in [3.8, 4) is 0 Å². The van der Waals surface area contributed by atoms with Gasteiger partial charge < -0.3 is 10.2 Å². The van der Waals surface area contributed by atoms with Crippen LogP contribution in [-0.4, -0.2) is 78.4 Å². The largest absolute Gasteiger partial charge is 0.393 e. The Kier molecular flexibility index (Phi) is 9.40. The van der Waals surface area contributed by atoms with Gasteiger partial charge in [0.15, 0.2) is 0 Å². The van der Waals surface area contributed by atoms with E-state index >= 15 is 0 Å². The molecule has 4 unspecified atom stereocenters. The monoisotopic (exact) mass is 578 g/mol. The van der Waals surface area contributed by atoms with E-state index in [0.29, 0.717) is 44.9 Å². The van der Waals surface area contributed by atoms with E-state index in [-0.39, 0.29) is 35.5 Å². The van der Waals surface area contributed by atoms with Gasteiger partial charge in [0, 0.05) is 33.0 Å². The fourth-order valence-corrected chi connectivity index (χ4v) is 8.47. The number of hydrogen-bond acceptors (Lipinski definition) is 8. The van der Waals surface area contributed by atoms with E-state index in [0.717, 1.165) is 34.2 Å². The molecule has 2 saturated heterocycles. The summed E-state index contributed by atoms with van der Waals surface area (Å²) in [5, 5.41) is 21.2. The van der Waals surface area contributed by atoms with Crippen molar-refractivity contribution in [1.82, 2.24) is 9.80 Å². The molecule has 0 spiro atoms. The first-order valence-electron chi connectivity index (χ1n) is 14.1. The Labute approximate surface area is 240 Å². The van der Waals surface area contributed by atoms with E-state index in [4.69, 9.17) is 0 Å². The Hall–Kier alpha value is -1.62. The highest BCUT2D eigenvalue weighted by Crippen LogP contribution is 2.43. The number of imide groups is 2. The van der Waals surface area contributed by atoms with Crippen LogP contribution in [0, 0.1) is 11.8 Å². The maximum Gasteiger partial charge on any atom is 0.254 e. The number of nitrogens with zero attached hydrogens (tertiary/aromatic N) is 2. The number of hydrogen-bond donors (Lipinski definition) is 2. The van der Waals surface area contributed by atoms with Crippen LogP contribution in [0.3, 0.4) is 0 Å². The van der Waals surface area contributed by atoms with Crippen LogP contribution in [0.25, 0.3) is 0 Å². The van der Waals surface area contributed by atoms with Gasteiger partial charge in [-0.1, -0.05) is 0 Å². The zero-order valence-corrected chi connectivity index (χ0v) is 25.1. The number of aliphatic hydroxyl groups excluding tert-OH is 2. The molecular formula is C29H42N2O6S2. The van der Waals surface area contributed by atoms with Crippen LogP contribution in [0.5, 0.6) is 0 Å². The van der Waals surface area contributed by atoms with Gasteiger partial charge >= 0.3 is 0 Å². The van der Waals surface area contributed by atoms with E-state index in [1.807, 2.05) is 27.7 Å². The van der Waals surface area contributed by atoms with Gasteiger partial charge in [-0.3, -0.25) is 29.0 Å². The number of aliphatic hydroxyl groups is 2. The smallest absolute Gasteiger partial charge is 0.254 e. The third kappa shape index (κ3) is 6.66. The SMILES string of the molecule is CC(C)(CCC(O)CCCC(O)CCC(C)(C)N1C(=O)C=C2SCCC2C1=O)N1C(=O)C=C2SCCC2C1=O. The van der Waals surface area contributed by atoms with Gasteiger partial charge in [-0.25, -0.2) is 0 Å². The summed E-state index contributed by atoms with van der Waals surface area (Å²) in [4.78, 5) is 55.9. The molecule has 4 aliphatic heterocycles. The zero-order chi connectivity index (χ0) is 28.5. The summed E-state index contributed by atoms with van der Waals surface area (Å²) in [7, 11) is 0. The molecule has 0 bridgehead atoms. The van der Waals surface area contributed by atoms with Crippen molar-refractivity contribution in [3.05, 3.63) is 22.0 Å². The molecule has 39 heavy (non-hydrogen) atoms. The minimum absolute atomic E-state index is 0.125. The first-order chi connectivity index (χ1) is 18.3. The third-order valence-electron chi connectivity index (χ3n) is 8.51. The molecule has 4 heterocycles. The Morgan fingerprint density at radius 3 is 1.51 bits per heavy atom. The Morgan fingerprint density at radius 1 is 0.744 bits per heavy atom. The van der Waals surface area contributed by atoms with Crippen LogP contribution in [0.15, 0.2) is 22.0 Å². The van der Waals surface area contributed by atoms with E-state index < -0.39 is 23.3 Å². The molecule has 8 nitrogen and oxygen atoms in total. The van der Waals surface area contributed by atoms with Crippen molar-refractivity contribution in [2.45, 2.75) is 109 Å². The summed E-state index contributed by atoms with van der Waals surface area (Å²) in [6.07, 6.45) is 7.10. The maximum atomic E-state index is 13.0. The third-order valence-corrected chi connectivity index (χ3v) is 10.9. The normalized spacial score (nSPS) is 25.5. The molecule has 0 radical (unpaired) electrons. The van der Waals surface area contributed by atoms with E-state index in [1.54, 1.807) is 35.7 Å². The molecule has 10 heteroatoms. The summed E-state index contributed by atoms with van der Waals surface area (Å²) in [6, 6.07) is 0. The lowest BCUT2D eigenvalue weighted by Crippen LogP contribution is -2.54. The van der Waals surface area contributed by atoms with Gasteiger partial charge in [0.05, 0.1) is 24.0 Å². The molecule has 4 aliphatic rings. The molecular weight excluding hydrogens is 536 g/mol. The predicted octanol–water partition coefficient (Wildman–Crippen LogP) is 4.01. The number of thioether (sulfide) groups is 2. The highest BCUT2D eigenvalue weighted by molar-refractivity contribution is 8.03. The van der Waals surface area contributed by atoms with Gasteiger partial charge in [0.1, 0.15) is 0 Å². The van der Waals surface area contributed by atoms with Crippen LogP contribution >= 0.6 is 23.5 Å². The molecule has 4 rings (SSSR count). The molecule has 2 fully saturated rings. The molecule has 4 atom stereocenters. The number of amides is 4. The molecule has 216 valence electrons. The van der Waals surface area contributed by atoms with E-state index in [1.165, 1.54) is 9.80 Å². The summed E-state index contributed by atoms with van der Waals surface area (Å²) >= 11 is 3.18. The van der Waals surface area contributed by atoms with Crippen molar-refractivity contribution in [2.24, 2.45) is 11.8 Å². The van der Waals surface area contributed by atoms with E-state index in [9.17, 15) is 29.4 Å². The average molecular weight is 579 g/mol. The highest BCUT2D eigenvalue weighted by Gasteiger charge is 2.46. The second kappa shape index (κ2) is 12.1. The topological polar surface area (TPSA) is 115 Å². The van der Waals surface area contributed by atoms with Crippen molar-refractivity contribution in [1.29, 1.82) is 0 Å². The van der Waals surface area contributed by atoms with Crippen LogP contribution in [0.2, 0.25) is 0 Å². The Bertz CT molecular complexity index is 986. The number of rotatable bonds is 12. The Balaban J connectivity index is 1.19. The maximum absolute atomic E-state index is 13.0. The first-order valence-corrected chi connectivity index (χ1v) is 16.1. The van der Waals surface area contributed by atoms with Gasteiger partial charge in [-0.2, -0.15) is 0 Å². The summed E-state index contributed by atoms with van der Waals surface area (Å²) in [6.45, 7) is 7.51. The van der Waals surface area contributed by atoms with Crippen LogP contribution in [0.1, 0.15) is 85.5 Å². The first kappa shape index (κ1) is 30.3. The number of carbonyl (C=O) groups is 4. The molecule has 2 N–H and O–H groups in total. The van der Waals surface area contributed by atoms with Crippen LogP contribution < -0.4 is 0 Å². The second-order valence-corrected chi connectivity index (χ2v) is 14.8. The van der Waals surface area contributed by atoms with Gasteiger partial charge in [0.25, 0.3) is 11.8 Å². The van der Waals surface area contributed by atoms with Gasteiger partial charge in [-0.05, 0) is 97.0 Å². The summed E-state index contributed by atoms with van der Waals surface area (Å²) in [5.41, 5.74) is -1.38. The fraction of sp³-hybridized carbons (Fsp3) is 0.724. The number of carbonyl (C=O) groups excluding carboxylic acids is 4. The molecule has 0 aromatic rings. The van der Waals surface area contributed by atoms with Crippen LogP contribution in [0.4, 0.5) is 0 Å².